The van der Waals surface area contributed by atoms with Crippen LogP contribution in [0.1, 0.15) is 47.4 Å². The lowest BCUT2D eigenvalue weighted by molar-refractivity contribution is -0.130. The molecule has 1 aromatic rings. The molecule has 2 rings (SSSR count). The fraction of sp³-hybridized carbons (Fsp3) is 0.400. The molecule has 1 unspecified atom stereocenters. The minimum absolute atomic E-state index is 0.111. The predicted octanol–water partition coefficient (Wildman–Crippen LogP) is 1.59. The van der Waals surface area contributed by atoms with Crippen molar-refractivity contribution in [2.75, 3.05) is 0 Å². The van der Waals surface area contributed by atoms with Gasteiger partial charge >= 0.3 is 0 Å². The third kappa shape index (κ3) is 2.95. The molecule has 1 aliphatic heterocycles. The third-order valence-electron chi connectivity index (χ3n) is 3.48. The summed E-state index contributed by atoms with van der Waals surface area (Å²) in [5.74, 6) is -1.18. The normalized spacial score (nSPS) is 15.3. The molecule has 0 fully saturated rings. The fourth-order valence-electron chi connectivity index (χ4n) is 2.62. The van der Waals surface area contributed by atoms with Crippen molar-refractivity contribution >= 4 is 17.7 Å². The average Bonchev–Trinajstić information content (AvgIpc) is 2.70. The Labute approximate surface area is 122 Å². The smallest absolute Gasteiger partial charge is 0.261 e. The van der Waals surface area contributed by atoms with E-state index in [9.17, 15) is 14.4 Å². The van der Waals surface area contributed by atoms with Gasteiger partial charge in [-0.1, -0.05) is 26.0 Å². The van der Waals surface area contributed by atoms with E-state index in [4.69, 9.17) is 5.21 Å². The lowest BCUT2D eigenvalue weighted by Crippen LogP contribution is -2.43. The summed E-state index contributed by atoms with van der Waals surface area (Å²) in [6, 6.07) is 6.04. The second kappa shape index (κ2) is 6.05. The number of nitrogens with zero attached hydrogens (tertiary/aromatic N) is 1. The highest BCUT2D eigenvalue weighted by Crippen LogP contribution is 2.28. The molecule has 112 valence electrons. The summed E-state index contributed by atoms with van der Waals surface area (Å²) in [6.07, 6.45) is 0.388. The lowest BCUT2D eigenvalue weighted by Gasteiger charge is -2.27. The van der Waals surface area contributed by atoms with Gasteiger partial charge in [-0.3, -0.25) is 24.5 Å². The highest BCUT2D eigenvalue weighted by Gasteiger charge is 2.40. The topological polar surface area (TPSA) is 86.7 Å². The average molecular weight is 290 g/mol. The van der Waals surface area contributed by atoms with Crippen molar-refractivity contribution in [3.05, 3.63) is 35.4 Å². The highest BCUT2D eigenvalue weighted by molar-refractivity contribution is 6.21. The van der Waals surface area contributed by atoms with Gasteiger partial charge < -0.3 is 0 Å². The Kier molecular flexibility index (Phi) is 4.37. The van der Waals surface area contributed by atoms with E-state index in [1.165, 1.54) is 0 Å². The maximum Gasteiger partial charge on any atom is 0.261 e. The Bertz CT molecular complexity index is 548. The number of carbonyl (C=O) groups excluding carboxylic acids is 3. The molecule has 0 radical (unpaired) electrons. The van der Waals surface area contributed by atoms with Crippen molar-refractivity contribution < 1.29 is 19.6 Å². The molecular weight excluding hydrogens is 272 g/mol. The first-order valence-corrected chi connectivity index (χ1v) is 6.85. The highest BCUT2D eigenvalue weighted by atomic mass is 16.5. The van der Waals surface area contributed by atoms with Crippen LogP contribution in [0.4, 0.5) is 0 Å². The molecule has 0 saturated carbocycles. The Morgan fingerprint density at radius 1 is 1.19 bits per heavy atom. The van der Waals surface area contributed by atoms with Crippen LogP contribution in [0.25, 0.3) is 0 Å². The van der Waals surface area contributed by atoms with Gasteiger partial charge in [0.1, 0.15) is 0 Å². The molecule has 0 aliphatic carbocycles. The SMILES string of the molecule is CC(C)CC(CC(=O)NO)N1C(=O)c2ccccc2C1=O. The molecule has 21 heavy (non-hydrogen) atoms. The molecule has 1 aliphatic rings. The van der Waals surface area contributed by atoms with E-state index in [1.807, 2.05) is 13.8 Å². The third-order valence-corrected chi connectivity index (χ3v) is 3.48. The largest absolute Gasteiger partial charge is 0.289 e. The van der Waals surface area contributed by atoms with Crippen LogP contribution in [0, 0.1) is 5.92 Å². The van der Waals surface area contributed by atoms with Gasteiger partial charge in [0.25, 0.3) is 11.8 Å². The molecule has 2 N–H and O–H groups in total. The molecule has 0 aromatic heterocycles. The Balaban J connectivity index is 2.31. The summed E-state index contributed by atoms with van der Waals surface area (Å²) < 4.78 is 0. The molecule has 1 atom stereocenters. The van der Waals surface area contributed by atoms with Gasteiger partial charge in [0.2, 0.25) is 5.91 Å². The van der Waals surface area contributed by atoms with Crippen molar-refractivity contribution in [1.82, 2.24) is 10.4 Å². The van der Waals surface area contributed by atoms with E-state index >= 15 is 0 Å². The molecule has 3 amide bonds. The second-order valence-corrected chi connectivity index (χ2v) is 5.55. The van der Waals surface area contributed by atoms with Crippen LogP contribution in [0.2, 0.25) is 0 Å². The number of imide groups is 1. The Hall–Kier alpha value is -2.21. The molecular formula is C15H18N2O4. The maximum atomic E-state index is 12.4. The first-order valence-electron chi connectivity index (χ1n) is 6.85. The van der Waals surface area contributed by atoms with Crippen LogP contribution in [0.5, 0.6) is 0 Å². The summed E-state index contributed by atoms with van der Waals surface area (Å²) in [5.41, 5.74) is 2.28. The van der Waals surface area contributed by atoms with Crippen molar-refractivity contribution in [3.8, 4) is 0 Å². The van der Waals surface area contributed by atoms with Crippen LogP contribution in [-0.2, 0) is 4.79 Å². The van der Waals surface area contributed by atoms with Crippen LogP contribution < -0.4 is 5.48 Å². The minimum atomic E-state index is -0.614. The van der Waals surface area contributed by atoms with Crippen LogP contribution >= 0.6 is 0 Å². The molecule has 6 nitrogen and oxygen atoms in total. The number of rotatable bonds is 5. The van der Waals surface area contributed by atoms with Crippen molar-refractivity contribution in [2.45, 2.75) is 32.7 Å². The van der Waals surface area contributed by atoms with Gasteiger partial charge in [-0.25, -0.2) is 5.48 Å². The maximum absolute atomic E-state index is 12.4. The summed E-state index contributed by atoms with van der Waals surface area (Å²) in [4.78, 5) is 37.4. The van der Waals surface area contributed by atoms with E-state index in [1.54, 1.807) is 29.7 Å². The minimum Gasteiger partial charge on any atom is -0.289 e. The number of amides is 3. The zero-order valence-electron chi connectivity index (χ0n) is 12.0. The molecule has 1 aromatic carbocycles. The number of carbonyl (C=O) groups is 3. The summed E-state index contributed by atoms with van der Waals surface area (Å²) in [5, 5.41) is 8.68. The molecule has 0 bridgehead atoms. The van der Waals surface area contributed by atoms with Gasteiger partial charge in [0.05, 0.1) is 11.1 Å². The predicted molar refractivity (Wildman–Crippen MR) is 74.7 cm³/mol. The summed E-state index contributed by atoms with van der Waals surface area (Å²) in [6.45, 7) is 3.89. The lowest BCUT2D eigenvalue weighted by atomic mass is 9.99. The van der Waals surface area contributed by atoms with Gasteiger partial charge in [0, 0.05) is 12.5 Å². The van der Waals surface area contributed by atoms with Gasteiger partial charge in [-0.15, -0.1) is 0 Å². The molecule has 0 spiro atoms. The number of benzene rings is 1. The van der Waals surface area contributed by atoms with E-state index in [0.29, 0.717) is 17.5 Å². The Morgan fingerprint density at radius 2 is 1.71 bits per heavy atom. The second-order valence-electron chi connectivity index (χ2n) is 5.55. The fourth-order valence-corrected chi connectivity index (χ4v) is 2.62. The van der Waals surface area contributed by atoms with E-state index in [0.717, 1.165) is 4.90 Å². The standard InChI is InChI=1S/C15H18N2O4/c1-9(2)7-10(8-13(18)16-21)17-14(19)11-5-3-4-6-12(11)15(17)20/h3-6,9-10,21H,7-8H2,1-2H3,(H,16,18). The zero-order chi connectivity index (χ0) is 15.6. The van der Waals surface area contributed by atoms with E-state index < -0.39 is 11.9 Å². The van der Waals surface area contributed by atoms with E-state index in [2.05, 4.69) is 0 Å². The van der Waals surface area contributed by atoms with Crippen LogP contribution in [-0.4, -0.2) is 33.9 Å². The zero-order valence-corrected chi connectivity index (χ0v) is 12.0. The number of hydroxylamine groups is 1. The summed E-state index contributed by atoms with van der Waals surface area (Å²) >= 11 is 0. The van der Waals surface area contributed by atoms with Crippen molar-refractivity contribution in [1.29, 1.82) is 0 Å². The van der Waals surface area contributed by atoms with Crippen molar-refractivity contribution in [3.63, 3.8) is 0 Å². The van der Waals surface area contributed by atoms with Gasteiger partial charge in [-0.05, 0) is 24.5 Å². The first kappa shape index (κ1) is 15.2. The first-order chi connectivity index (χ1) is 9.95. The summed E-state index contributed by atoms with van der Waals surface area (Å²) in [7, 11) is 0. The quantitative estimate of drug-likeness (QED) is 0.490. The van der Waals surface area contributed by atoms with Gasteiger partial charge in [-0.2, -0.15) is 0 Å². The van der Waals surface area contributed by atoms with E-state index in [-0.39, 0.29) is 24.2 Å². The van der Waals surface area contributed by atoms with Crippen molar-refractivity contribution in [2.24, 2.45) is 5.92 Å². The number of nitrogens with one attached hydrogen (secondary N) is 1. The number of hydrogen-bond acceptors (Lipinski definition) is 4. The molecule has 0 saturated heterocycles. The van der Waals surface area contributed by atoms with Crippen LogP contribution in [0.3, 0.4) is 0 Å². The number of hydrogen-bond donors (Lipinski definition) is 2. The Morgan fingerprint density at radius 3 is 2.14 bits per heavy atom. The molecule has 6 heteroatoms. The van der Waals surface area contributed by atoms with Gasteiger partial charge in [0.15, 0.2) is 0 Å². The molecule has 1 heterocycles. The monoisotopic (exact) mass is 290 g/mol. The van der Waals surface area contributed by atoms with Crippen LogP contribution in [0.15, 0.2) is 24.3 Å². The number of fused-ring (bicyclic) bond motifs is 1.